The van der Waals surface area contributed by atoms with Gasteiger partial charge in [0.15, 0.2) is 5.82 Å². The molecule has 9 nitrogen and oxygen atoms in total. The number of aromatic nitrogens is 8. The highest BCUT2D eigenvalue weighted by atomic mass is 16.1. The topological polar surface area (TPSA) is 110 Å². The van der Waals surface area contributed by atoms with Crippen molar-refractivity contribution in [1.29, 1.82) is 0 Å². The van der Waals surface area contributed by atoms with Crippen LogP contribution in [-0.4, -0.2) is 39.5 Å². The Kier molecular flexibility index (Phi) is 4.19. The molecule has 138 valence electrons. The minimum atomic E-state index is -0.319. The Bertz CT molecular complexity index is 1120. The molecular weight excluding hydrogens is 344 g/mol. The summed E-state index contributed by atoms with van der Waals surface area (Å²) in [6.45, 7) is 6.77. The quantitative estimate of drug-likeness (QED) is 0.561. The number of imidazole rings is 1. The molecule has 0 spiro atoms. The van der Waals surface area contributed by atoms with Crippen LogP contribution >= 0.6 is 0 Å². The van der Waals surface area contributed by atoms with Crippen molar-refractivity contribution in [2.45, 2.75) is 33.4 Å². The molecule has 0 saturated carbocycles. The second kappa shape index (κ2) is 6.67. The first kappa shape index (κ1) is 17.0. The maximum absolute atomic E-state index is 11.4. The number of hydrogen-bond donors (Lipinski definition) is 2. The summed E-state index contributed by atoms with van der Waals surface area (Å²) < 4.78 is 3.80. The largest absolute Gasteiger partial charge is 0.340 e. The van der Waals surface area contributed by atoms with E-state index < -0.39 is 0 Å². The number of benzene rings is 1. The van der Waals surface area contributed by atoms with E-state index in [9.17, 15) is 4.79 Å². The number of nitrogens with zero attached hydrogens (tertiary/aromatic N) is 6. The van der Waals surface area contributed by atoms with Crippen LogP contribution in [0.15, 0.2) is 42.0 Å². The van der Waals surface area contributed by atoms with Crippen molar-refractivity contribution in [3.63, 3.8) is 0 Å². The zero-order valence-electron chi connectivity index (χ0n) is 15.3. The highest BCUT2D eigenvalue weighted by Crippen LogP contribution is 2.29. The van der Waals surface area contributed by atoms with Crippen LogP contribution in [0, 0.1) is 13.8 Å². The minimum Gasteiger partial charge on any atom is -0.321 e. The van der Waals surface area contributed by atoms with Gasteiger partial charge in [0.1, 0.15) is 18.5 Å². The third-order valence-corrected chi connectivity index (χ3v) is 4.72. The molecule has 4 rings (SSSR count). The lowest BCUT2D eigenvalue weighted by Crippen LogP contribution is -2.11. The molecule has 1 atom stereocenters. The molecule has 9 heteroatoms. The first-order chi connectivity index (χ1) is 13.0. The lowest BCUT2D eigenvalue weighted by atomic mass is 9.99. The third kappa shape index (κ3) is 3.19. The SMILES string of the molecule is Cc1cc(C)c(-c2nccn2C(C)c2n[nH]c(=O)[nH]2)cc1Cn1cncn1. The summed E-state index contributed by atoms with van der Waals surface area (Å²) >= 11 is 0. The van der Waals surface area contributed by atoms with Gasteiger partial charge in [-0.3, -0.25) is 4.98 Å². The monoisotopic (exact) mass is 364 g/mol. The van der Waals surface area contributed by atoms with E-state index in [-0.39, 0.29) is 11.7 Å². The Labute approximate surface area is 155 Å². The van der Waals surface area contributed by atoms with E-state index in [4.69, 9.17) is 0 Å². The van der Waals surface area contributed by atoms with Crippen LogP contribution in [0.2, 0.25) is 0 Å². The van der Waals surface area contributed by atoms with Crippen LogP contribution in [0.25, 0.3) is 11.4 Å². The summed E-state index contributed by atoms with van der Waals surface area (Å²) in [5.74, 6) is 1.38. The van der Waals surface area contributed by atoms with Gasteiger partial charge < -0.3 is 4.57 Å². The van der Waals surface area contributed by atoms with E-state index in [1.54, 1.807) is 17.2 Å². The first-order valence-corrected chi connectivity index (χ1v) is 8.63. The van der Waals surface area contributed by atoms with Crippen molar-refractivity contribution >= 4 is 0 Å². The van der Waals surface area contributed by atoms with E-state index in [1.807, 2.05) is 17.7 Å². The van der Waals surface area contributed by atoms with Gasteiger partial charge in [-0.05, 0) is 43.5 Å². The van der Waals surface area contributed by atoms with Crippen molar-refractivity contribution in [3.8, 4) is 11.4 Å². The summed E-state index contributed by atoms with van der Waals surface area (Å²) in [7, 11) is 0. The molecule has 1 unspecified atom stereocenters. The van der Waals surface area contributed by atoms with Crippen LogP contribution in [-0.2, 0) is 6.54 Å². The molecule has 0 saturated heterocycles. The van der Waals surface area contributed by atoms with Crippen LogP contribution in [0.3, 0.4) is 0 Å². The second-order valence-corrected chi connectivity index (χ2v) is 6.58. The van der Waals surface area contributed by atoms with Gasteiger partial charge in [0.2, 0.25) is 0 Å². The van der Waals surface area contributed by atoms with Crippen molar-refractivity contribution in [2.24, 2.45) is 0 Å². The van der Waals surface area contributed by atoms with Crippen molar-refractivity contribution < 1.29 is 0 Å². The second-order valence-electron chi connectivity index (χ2n) is 6.58. The highest BCUT2D eigenvalue weighted by Gasteiger charge is 2.18. The van der Waals surface area contributed by atoms with E-state index in [0.717, 1.165) is 22.5 Å². The minimum absolute atomic E-state index is 0.166. The highest BCUT2D eigenvalue weighted by molar-refractivity contribution is 5.63. The molecule has 0 aliphatic rings. The smallest absolute Gasteiger partial charge is 0.321 e. The fourth-order valence-electron chi connectivity index (χ4n) is 3.24. The van der Waals surface area contributed by atoms with Crippen molar-refractivity contribution in [2.75, 3.05) is 0 Å². The number of rotatable bonds is 5. The molecular formula is C18H20N8O. The van der Waals surface area contributed by atoms with Crippen molar-refractivity contribution in [3.05, 3.63) is 70.2 Å². The Morgan fingerprint density at radius 1 is 1.22 bits per heavy atom. The van der Waals surface area contributed by atoms with Gasteiger partial charge in [0.05, 0.1) is 12.6 Å². The van der Waals surface area contributed by atoms with E-state index in [0.29, 0.717) is 12.4 Å². The summed E-state index contributed by atoms with van der Waals surface area (Å²) in [6.07, 6.45) is 6.88. The zero-order valence-corrected chi connectivity index (χ0v) is 15.3. The molecule has 1 aromatic carbocycles. The number of aryl methyl sites for hydroxylation is 2. The van der Waals surface area contributed by atoms with Crippen LogP contribution < -0.4 is 5.69 Å². The molecule has 0 bridgehead atoms. The number of aromatic amines is 2. The molecule has 0 amide bonds. The van der Waals surface area contributed by atoms with Crippen molar-refractivity contribution in [1.82, 2.24) is 39.5 Å². The molecule has 0 radical (unpaired) electrons. The van der Waals surface area contributed by atoms with Crippen LogP contribution in [0.1, 0.15) is 35.5 Å². The zero-order chi connectivity index (χ0) is 19.0. The lowest BCUT2D eigenvalue weighted by molar-refractivity contribution is 0.607. The maximum Gasteiger partial charge on any atom is 0.340 e. The van der Waals surface area contributed by atoms with Gasteiger partial charge in [0, 0.05) is 18.0 Å². The maximum atomic E-state index is 11.4. The summed E-state index contributed by atoms with van der Waals surface area (Å²) in [5.41, 5.74) is 4.18. The summed E-state index contributed by atoms with van der Waals surface area (Å²) in [6, 6.07) is 4.13. The van der Waals surface area contributed by atoms with Crippen LogP contribution in [0.5, 0.6) is 0 Å². The number of nitrogens with one attached hydrogen (secondary N) is 2. The molecule has 0 fully saturated rings. The standard InChI is InChI=1S/C18H20N8O/c1-11-6-12(2)15(7-14(11)8-25-10-19-9-21-25)17-20-4-5-26(17)13(3)16-22-18(27)24-23-16/h4-7,9-10,13H,8H2,1-3H3,(H2,22,23,24,27). The van der Waals surface area contributed by atoms with Gasteiger partial charge >= 0.3 is 5.69 Å². The predicted molar refractivity (Wildman–Crippen MR) is 99.3 cm³/mol. The van der Waals surface area contributed by atoms with Gasteiger partial charge in [-0.1, -0.05) is 6.07 Å². The van der Waals surface area contributed by atoms with E-state index >= 15 is 0 Å². The molecule has 0 aliphatic heterocycles. The normalized spacial score (nSPS) is 12.4. The fourth-order valence-corrected chi connectivity index (χ4v) is 3.24. The molecule has 4 aromatic rings. The van der Waals surface area contributed by atoms with Gasteiger partial charge in [-0.2, -0.15) is 10.2 Å². The van der Waals surface area contributed by atoms with Gasteiger partial charge in [-0.25, -0.2) is 24.5 Å². The molecule has 3 aromatic heterocycles. The predicted octanol–water partition coefficient (Wildman–Crippen LogP) is 1.83. The summed E-state index contributed by atoms with van der Waals surface area (Å²) in [5, 5.41) is 10.7. The third-order valence-electron chi connectivity index (χ3n) is 4.72. The lowest BCUT2D eigenvalue weighted by Gasteiger charge is -2.17. The summed E-state index contributed by atoms with van der Waals surface area (Å²) in [4.78, 5) is 22.7. The van der Waals surface area contributed by atoms with Gasteiger partial charge in [-0.15, -0.1) is 0 Å². The van der Waals surface area contributed by atoms with Gasteiger partial charge in [0.25, 0.3) is 0 Å². The first-order valence-electron chi connectivity index (χ1n) is 8.63. The molecule has 27 heavy (non-hydrogen) atoms. The Balaban J connectivity index is 1.76. The number of hydrogen-bond acceptors (Lipinski definition) is 5. The average molecular weight is 364 g/mol. The Morgan fingerprint density at radius 2 is 2.07 bits per heavy atom. The van der Waals surface area contributed by atoms with E-state index in [2.05, 4.69) is 56.2 Å². The fraction of sp³-hybridized carbons (Fsp3) is 0.278. The molecule has 3 heterocycles. The Hall–Kier alpha value is -3.49. The number of H-pyrrole nitrogens is 2. The average Bonchev–Trinajstić information content (AvgIpc) is 3.38. The molecule has 0 aliphatic carbocycles. The van der Waals surface area contributed by atoms with Crippen LogP contribution in [0.4, 0.5) is 0 Å². The van der Waals surface area contributed by atoms with E-state index in [1.165, 1.54) is 11.9 Å². The Morgan fingerprint density at radius 3 is 2.78 bits per heavy atom. The molecule has 2 N–H and O–H groups in total.